The van der Waals surface area contributed by atoms with Crippen LogP contribution in [-0.4, -0.2) is 43.0 Å². The van der Waals surface area contributed by atoms with Gasteiger partial charge in [0.2, 0.25) is 5.12 Å². The Labute approximate surface area is 194 Å². The van der Waals surface area contributed by atoms with Gasteiger partial charge in [-0.1, -0.05) is 25.6 Å². The van der Waals surface area contributed by atoms with Crippen molar-refractivity contribution in [3.8, 4) is 22.5 Å². The molecular formula is C24H21FN4O3S. The lowest BCUT2D eigenvalue weighted by Crippen LogP contribution is -2.54. The minimum Gasteiger partial charge on any atom is -0.333 e. The largest absolute Gasteiger partial charge is 0.333 e. The topological polar surface area (TPSA) is 102 Å². The van der Waals surface area contributed by atoms with Gasteiger partial charge in [-0.3, -0.25) is 14.4 Å². The molecule has 1 amide bonds. The Hall–Kier alpha value is -3.46. The van der Waals surface area contributed by atoms with Crippen LogP contribution < -0.4 is 5.32 Å². The number of thioether (sulfide) groups is 1. The van der Waals surface area contributed by atoms with E-state index in [9.17, 15) is 18.8 Å². The van der Waals surface area contributed by atoms with Crippen LogP contribution in [0.4, 0.5) is 4.39 Å². The second kappa shape index (κ2) is 8.82. The highest BCUT2D eigenvalue weighted by atomic mass is 32.2. The van der Waals surface area contributed by atoms with Crippen molar-refractivity contribution in [2.45, 2.75) is 32.2 Å². The number of hydrogen-bond acceptors (Lipinski definition) is 7. The molecular weight excluding hydrogens is 443 g/mol. The van der Waals surface area contributed by atoms with Crippen LogP contribution in [-0.2, 0) is 9.59 Å². The van der Waals surface area contributed by atoms with Gasteiger partial charge in [-0.25, -0.2) is 19.3 Å². The summed E-state index contributed by atoms with van der Waals surface area (Å²) in [4.78, 5) is 50.9. The van der Waals surface area contributed by atoms with E-state index in [0.29, 0.717) is 22.5 Å². The standard InChI is InChI=1S/C24H21FN4O3S/c1-13(2)21-17(10-26-12-27-21)19-9-15(8-18(28-19)14-4-6-16(25)7-5-14)22(31)29-24(3)20(30)11-33-23(24)32/h4-10,12-13H,11H2,1-3H3,(H,29,31). The van der Waals surface area contributed by atoms with E-state index in [-0.39, 0.29) is 23.0 Å². The van der Waals surface area contributed by atoms with E-state index in [0.717, 1.165) is 17.5 Å². The van der Waals surface area contributed by atoms with Gasteiger partial charge in [-0.2, -0.15) is 0 Å². The maximum atomic E-state index is 13.5. The Morgan fingerprint density at radius 3 is 2.48 bits per heavy atom. The summed E-state index contributed by atoms with van der Waals surface area (Å²) in [5, 5.41) is 2.20. The number of carbonyl (C=O) groups excluding carboxylic acids is 3. The normalized spacial score (nSPS) is 18.1. The third-order valence-electron chi connectivity index (χ3n) is 5.46. The van der Waals surface area contributed by atoms with E-state index in [2.05, 4.69) is 20.3 Å². The fourth-order valence-electron chi connectivity index (χ4n) is 3.52. The number of nitrogens with zero attached hydrogens (tertiary/aromatic N) is 3. The van der Waals surface area contributed by atoms with E-state index in [1.54, 1.807) is 30.5 Å². The van der Waals surface area contributed by atoms with Crippen molar-refractivity contribution in [2.24, 2.45) is 0 Å². The zero-order chi connectivity index (χ0) is 23.8. The van der Waals surface area contributed by atoms with Gasteiger partial charge in [-0.05, 0) is 49.2 Å². The highest BCUT2D eigenvalue weighted by molar-refractivity contribution is 8.15. The molecule has 1 aliphatic rings. The summed E-state index contributed by atoms with van der Waals surface area (Å²) in [5.41, 5.74) is 1.52. The number of aromatic nitrogens is 3. The van der Waals surface area contributed by atoms with Crippen molar-refractivity contribution < 1.29 is 18.8 Å². The number of pyridine rings is 1. The zero-order valence-corrected chi connectivity index (χ0v) is 19.1. The molecule has 3 heterocycles. The first kappa shape index (κ1) is 22.7. The average molecular weight is 465 g/mol. The van der Waals surface area contributed by atoms with Gasteiger partial charge >= 0.3 is 0 Å². The Balaban J connectivity index is 1.83. The number of carbonyl (C=O) groups is 3. The maximum absolute atomic E-state index is 13.5. The van der Waals surface area contributed by atoms with E-state index in [4.69, 9.17) is 0 Å². The van der Waals surface area contributed by atoms with Crippen LogP contribution in [0.3, 0.4) is 0 Å². The summed E-state index contributed by atoms with van der Waals surface area (Å²) < 4.78 is 13.5. The molecule has 1 saturated heterocycles. The lowest BCUT2D eigenvalue weighted by atomic mass is 9.97. The Morgan fingerprint density at radius 2 is 1.85 bits per heavy atom. The van der Waals surface area contributed by atoms with Crippen molar-refractivity contribution >= 4 is 28.6 Å². The summed E-state index contributed by atoms with van der Waals surface area (Å²) >= 11 is 0.888. The predicted octanol–water partition coefficient (Wildman–Crippen LogP) is 3.80. The molecule has 9 heteroatoms. The molecule has 0 aliphatic carbocycles. The van der Waals surface area contributed by atoms with E-state index >= 15 is 0 Å². The first-order chi connectivity index (χ1) is 15.7. The van der Waals surface area contributed by atoms with Crippen LogP contribution in [0, 0.1) is 5.82 Å². The zero-order valence-electron chi connectivity index (χ0n) is 18.3. The maximum Gasteiger partial charge on any atom is 0.252 e. The van der Waals surface area contributed by atoms with Crippen molar-refractivity contribution in [1.82, 2.24) is 20.3 Å². The lowest BCUT2D eigenvalue weighted by molar-refractivity contribution is -0.127. The van der Waals surface area contributed by atoms with Crippen LogP contribution in [0.15, 0.2) is 48.9 Å². The summed E-state index contributed by atoms with van der Waals surface area (Å²) in [5.74, 6) is -1.23. The van der Waals surface area contributed by atoms with Crippen LogP contribution >= 0.6 is 11.8 Å². The Bertz CT molecular complexity index is 1240. The molecule has 3 aromatic rings. The highest BCUT2D eigenvalue weighted by Crippen LogP contribution is 2.30. The summed E-state index contributed by atoms with van der Waals surface area (Å²) in [6.45, 7) is 5.39. The minimum absolute atomic E-state index is 0.0249. The number of amides is 1. The van der Waals surface area contributed by atoms with Crippen molar-refractivity contribution in [3.63, 3.8) is 0 Å². The van der Waals surface area contributed by atoms with Crippen molar-refractivity contribution in [1.29, 1.82) is 0 Å². The molecule has 33 heavy (non-hydrogen) atoms. The number of nitrogens with one attached hydrogen (secondary N) is 1. The fraction of sp³-hybridized carbons (Fsp3) is 0.250. The van der Waals surface area contributed by atoms with Crippen LogP contribution in [0.1, 0.15) is 42.7 Å². The highest BCUT2D eigenvalue weighted by Gasteiger charge is 2.47. The molecule has 1 unspecified atom stereocenters. The summed E-state index contributed by atoms with van der Waals surface area (Å²) in [7, 11) is 0. The van der Waals surface area contributed by atoms with Crippen LogP contribution in [0.25, 0.3) is 22.5 Å². The van der Waals surface area contributed by atoms with Gasteiger partial charge < -0.3 is 5.32 Å². The summed E-state index contributed by atoms with van der Waals surface area (Å²) in [6, 6.07) is 8.87. The van der Waals surface area contributed by atoms with E-state index in [1.807, 2.05) is 13.8 Å². The monoisotopic (exact) mass is 464 g/mol. The molecule has 7 nitrogen and oxygen atoms in total. The molecule has 1 aliphatic heterocycles. The van der Waals surface area contributed by atoms with Gasteiger partial charge in [-0.15, -0.1) is 0 Å². The molecule has 4 rings (SSSR count). The number of ketones is 1. The molecule has 1 fully saturated rings. The number of rotatable bonds is 5. The van der Waals surface area contributed by atoms with E-state index < -0.39 is 22.4 Å². The number of Topliss-reactive ketones (excluding diaryl/α,β-unsaturated/α-hetero) is 1. The smallest absolute Gasteiger partial charge is 0.252 e. The molecule has 1 atom stereocenters. The second-order valence-corrected chi connectivity index (χ2v) is 9.14. The average Bonchev–Trinajstić information content (AvgIpc) is 3.06. The van der Waals surface area contributed by atoms with Gasteiger partial charge in [0.25, 0.3) is 5.91 Å². The van der Waals surface area contributed by atoms with Crippen LogP contribution in [0.2, 0.25) is 0 Å². The Morgan fingerprint density at radius 1 is 1.15 bits per heavy atom. The van der Waals surface area contributed by atoms with Crippen molar-refractivity contribution in [3.05, 3.63) is 66.0 Å². The molecule has 0 spiro atoms. The second-order valence-electron chi connectivity index (χ2n) is 8.19. The molecule has 2 aromatic heterocycles. The number of halogens is 1. The fourth-order valence-corrected chi connectivity index (χ4v) is 4.52. The molecule has 0 radical (unpaired) electrons. The van der Waals surface area contributed by atoms with E-state index in [1.165, 1.54) is 25.4 Å². The molecule has 0 saturated carbocycles. The van der Waals surface area contributed by atoms with Gasteiger partial charge in [0.1, 0.15) is 12.1 Å². The van der Waals surface area contributed by atoms with Gasteiger partial charge in [0.15, 0.2) is 11.3 Å². The predicted molar refractivity (Wildman–Crippen MR) is 123 cm³/mol. The third-order valence-corrected chi connectivity index (χ3v) is 6.53. The SMILES string of the molecule is CC(C)c1ncncc1-c1cc(C(=O)NC2(C)C(=O)CSC2=O)cc(-c2ccc(F)cc2)n1. The summed E-state index contributed by atoms with van der Waals surface area (Å²) in [6.07, 6.45) is 3.08. The number of hydrogen-bond donors (Lipinski definition) is 1. The minimum atomic E-state index is -1.58. The lowest BCUT2D eigenvalue weighted by Gasteiger charge is -2.21. The van der Waals surface area contributed by atoms with Crippen LogP contribution in [0.5, 0.6) is 0 Å². The first-order valence-electron chi connectivity index (χ1n) is 10.3. The first-order valence-corrected chi connectivity index (χ1v) is 11.3. The molecule has 0 bridgehead atoms. The Kier molecular flexibility index (Phi) is 6.07. The third kappa shape index (κ3) is 4.41. The van der Waals surface area contributed by atoms with Crippen molar-refractivity contribution in [2.75, 3.05) is 5.75 Å². The molecule has 168 valence electrons. The van der Waals surface area contributed by atoms with Gasteiger partial charge in [0.05, 0.1) is 22.8 Å². The molecule has 1 N–H and O–H groups in total. The molecule has 1 aromatic carbocycles. The number of benzene rings is 1. The van der Waals surface area contributed by atoms with Gasteiger partial charge in [0, 0.05) is 22.9 Å². The quantitative estimate of drug-likeness (QED) is 0.573.